The van der Waals surface area contributed by atoms with Crippen molar-refractivity contribution >= 4 is 5.69 Å². The van der Waals surface area contributed by atoms with E-state index in [1.54, 1.807) is 24.8 Å². The lowest BCUT2D eigenvalue weighted by Crippen LogP contribution is -2.24. The summed E-state index contributed by atoms with van der Waals surface area (Å²) in [7, 11) is 0. The fourth-order valence-corrected chi connectivity index (χ4v) is 2.61. The van der Waals surface area contributed by atoms with Crippen molar-refractivity contribution in [3.63, 3.8) is 0 Å². The molecule has 102 valence electrons. The first-order valence-electron chi connectivity index (χ1n) is 6.22. The van der Waals surface area contributed by atoms with Gasteiger partial charge in [0, 0.05) is 13.1 Å². The first kappa shape index (κ1) is 13.7. The molecule has 0 amide bonds. The van der Waals surface area contributed by atoms with E-state index in [0.717, 1.165) is 18.4 Å². The van der Waals surface area contributed by atoms with E-state index in [1.165, 1.54) is 6.07 Å². The Morgan fingerprint density at radius 3 is 2.26 bits per heavy atom. The Labute approximate surface area is 110 Å². The molecule has 0 N–H and O–H groups in total. The molecule has 0 atom stereocenters. The average molecular weight is 268 g/mol. The molecule has 0 radical (unpaired) electrons. The van der Waals surface area contributed by atoms with Gasteiger partial charge < -0.3 is 4.90 Å². The van der Waals surface area contributed by atoms with E-state index in [2.05, 4.69) is 0 Å². The number of alkyl halides is 3. The van der Waals surface area contributed by atoms with Crippen LogP contribution in [0.25, 0.3) is 0 Å². The van der Waals surface area contributed by atoms with Crippen molar-refractivity contribution in [3.8, 4) is 6.07 Å². The van der Waals surface area contributed by atoms with Gasteiger partial charge in [-0.15, -0.1) is 0 Å². The number of hydrogen-bond donors (Lipinski definition) is 0. The number of hydrogen-bond acceptors (Lipinski definition) is 2. The van der Waals surface area contributed by atoms with Gasteiger partial charge in [0.15, 0.2) is 0 Å². The summed E-state index contributed by atoms with van der Waals surface area (Å²) in [6.45, 7) is 4.69. The summed E-state index contributed by atoms with van der Waals surface area (Å²) in [5.74, 6) is 0. The standard InChI is InChI=1S/C14H15F3N2/c1-9-7-11(8-18)12(14(15,16)17)13(10(9)2)19-5-3-4-6-19/h7H,3-6H2,1-2H3. The second-order valence-corrected chi connectivity index (χ2v) is 4.89. The van der Waals surface area contributed by atoms with Gasteiger partial charge in [0.1, 0.15) is 0 Å². The van der Waals surface area contributed by atoms with Crippen LogP contribution in [0.1, 0.15) is 35.1 Å². The predicted molar refractivity (Wildman–Crippen MR) is 67.1 cm³/mol. The van der Waals surface area contributed by atoms with Crippen LogP contribution in [-0.4, -0.2) is 13.1 Å². The average Bonchev–Trinajstić information content (AvgIpc) is 2.83. The molecular formula is C14H15F3N2. The molecule has 0 bridgehead atoms. The van der Waals surface area contributed by atoms with Crippen molar-refractivity contribution in [1.82, 2.24) is 0 Å². The zero-order valence-electron chi connectivity index (χ0n) is 10.9. The zero-order chi connectivity index (χ0) is 14.2. The van der Waals surface area contributed by atoms with E-state index < -0.39 is 11.7 Å². The highest BCUT2D eigenvalue weighted by atomic mass is 19.4. The minimum atomic E-state index is -4.50. The van der Waals surface area contributed by atoms with Crippen LogP contribution in [0.5, 0.6) is 0 Å². The van der Waals surface area contributed by atoms with Gasteiger partial charge in [0.2, 0.25) is 0 Å². The third-order valence-corrected chi connectivity index (χ3v) is 3.64. The summed E-state index contributed by atoms with van der Waals surface area (Å²) in [6.07, 6.45) is -2.71. The zero-order valence-corrected chi connectivity index (χ0v) is 10.9. The quantitative estimate of drug-likeness (QED) is 0.774. The minimum absolute atomic E-state index is 0.196. The predicted octanol–water partition coefficient (Wildman–Crippen LogP) is 3.79. The van der Waals surface area contributed by atoms with Gasteiger partial charge in [-0.2, -0.15) is 18.4 Å². The van der Waals surface area contributed by atoms with E-state index in [1.807, 2.05) is 0 Å². The molecule has 0 saturated carbocycles. The largest absolute Gasteiger partial charge is 0.419 e. The van der Waals surface area contributed by atoms with Crippen LogP contribution >= 0.6 is 0 Å². The molecule has 1 saturated heterocycles. The molecule has 5 heteroatoms. The monoisotopic (exact) mass is 268 g/mol. The summed E-state index contributed by atoms with van der Waals surface area (Å²) in [5.41, 5.74) is 0.485. The van der Waals surface area contributed by atoms with Gasteiger partial charge in [-0.3, -0.25) is 0 Å². The Morgan fingerprint density at radius 1 is 1.21 bits per heavy atom. The number of nitrogens with zero attached hydrogens (tertiary/aromatic N) is 2. The second kappa shape index (κ2) is 4.76. The van der Waals surface area contributed by atoms with Gasteiger partial charge in [-0.05, 0) is 43.9 Å². The van der Waals surface area contributed by atoms with E-state index >= 15 is 0 Å². The molecule has 0 unspecified atom stereocenters. The van der Waals surface area contributed by atoms with Crippen LogP contribution < -0.4 is 4.90 Å². The Kier molecular flexibility index (Phi) is 3.44. The highest BCUT2D eigenvalue weighted by Gasteiger charge is 2.39. The van der Waals surface area contributed by atoms with Crippen LogP contribution in [0, 0.1) is 25.2 Å². The third-order valence-electron chi connectivity index (χ3n) is 3.64. The van der Waals surface area contributed by atoms with Crippen LogP contribution in [-0.2, 0) is 6.18 Å². The summed E-state index contributed by atoms with van der Waals surface area (Å²) in [4.78, 5) is 1.76. The first-order valence-corrected chi connectivity index (χ1v) is 6.22. The smallest absolute Gasteiger partial charge is 0.371 e. The molecule has 1 aromatic rings. The third kappa shape index (κ3) is 2.40. The van der Waals surface area contributed by atoms with Gasteiger partial charge in [0.25, 0.3) is 0 Å². The number of nitriles is 1. The van der Waals surface area contributed by atoms with E-state index in [9.17, 15) is 13.2 Å². The van der Waals surface area contributed by atoms with Gasteiger partial charge in [0.05, 0.1) is 22.9 Å². The lowest BCUT2D eigenvalue weighted by Gasteiger charge is -2.26. The van der Waals surface area contributed by atoms with Crippen molar-refractivity contribution in [2.45, 2.75) is 32.9 Å². The topological polar surface area (TPSA) is 27.0 Å². The Bertz CT molecular complexity index is 535. The highest BCUT2D eigenvalue weighted by molar-refractivity contribution is 5.68. The number of rotatable bonds is 1. The van der Waals surface area contributed by atoms with Crippen LogP contribution in [0.3, 0.4) is 0 Å². The van der Waals surface area contributed by atoms with Crippen LogP contribution in [0.2, 0.25) is 0 Å². The molecule has 1 heterocycles. The first-order chi connectivity index (χ1) is 8.86. The molecule has 0 aliphatic carbocycles. The molecule has 1 fully saturated rings. The normalized spacial score (nSPS) is 15.7. The summed E-state index contributed by atoms with van der Waals surface area (Å²) in [5, 5.41) is 9.00. The molecule has 0 aromatic heterocycles. The second-order valence-electron chi connectivity index (χ2n) is 4.89. The Morgan fingerprint density at radius 2 is 1.79 bits per heavy atom. The molecule has 0 spiro atoms. The van der Waals surface area contributed by atoms with Crippen LogP contribution in [0.15, 0.2) is 6.07 Å². The summed E-state index contributed by atoms with van der Waals surface area (Å²) < 4.78 is 39.8. The SMILES string of the molecule is Cc1cc(C#N)c(C(F)(F)F)c(N2CCCC2)c1C. The van der Waals surface area contributed by atoms with Gasteiger partial charge >= 0.3 is 6.18 Å². The summed E-state index contributed by atoms with van der Waals surface area (Å²) in [6, 6.07) is 3.02. The lowest BCUT2D eigenvalue weighted by atomic mass is 9.96. The van der Waals surface area contributed by atoms with Crippen molar-refractivity contribution < 1.29 is 13.2 Å². The maximum Gasteiger partial charge on any atom is 0.419 e. The van der Waals surface area contributed by atoms with Crippen molar-refractivity contribution in [1.29, 1.82) is 5.26 Å². The fraction of sp³-hybridized carbons (Fsp3) is 0.500. The molecule has 1 aliphatic rings. The Hall–Kier alpha value is -1.70. The molecule has 19 heavy (non-hydrogen) atoms. The van der Waals surface area contributed by atoms with Gasteiger partial charge in [-0.1, -0.05) is 0 Å². The maximum atomic E-state index is 13.3. The van der Waals surface area contributed by atoms with E-state index in [0.29, 0.717) is 18.7 Å². The maximum absolute atomic E-state index is 13.3. The van der Waals surface area contributed by atoms with E-state index in [-0.39, 0.29) is 11.3 Å². The van der Waals surface area contributed by atoms with Crippen LogP contribution in [0.4, 0.5) is 18.9 Å². The number of anilines is 1. The van der Waals surface area contributed by atoms with Crippen molar-refractivity contribution in [2.75, 3.05) is 18.0 Å². The molecule has 1 aromatic carbocycles. The number of benzene rings is 1. The molecule has 2 rings (SSSR count). The fourth-order valence-electron chi connectivity index (χ4n) is 2.61. The lowest BCUT2D eigenvalue weighted by molar-refractivity contribution is -0.137. The molecular weight excluding hydrogens is 253 g/mol. The van der Waals surface area contributed by atoms with Gasteiger partial charge in [-0.25, -0.2) is 0 Å². The molecule has 2 nitrogen and oxygen atoms in total. The number of aryl methyl sites for hydroxylation is 1. The molecule has 1 aliphatic heterocycles. The summed E-state index contributed by atoms with van der Waals surface area (Å²) >= 11 is 0. The van der Waals surface area contributed by atoms with Crippen molar-refractivity contribution in [3.05, 3.63) is 28.3 Å². The van der Waals surface area contributed by atoms with Crippen molar-refractivity contribution in [2.24, 2.45) is 0 Å². The number of halogens is 3. The highest BCUT2D eigenvalue weighted by Crippen LogP contribution is 2.42. The van der Waals surface area contributed by atoms with E-state index in [4.69, 9.17) is 5.26 Å². The Balaban J connectivity index is 2.73. The minimum Gasteiger partial charge on any atom is -0.371 e.